The molecule has 1 amide bonds. The number of amides is 1. The van der Waals surface area contributed by atoms with Crippen LogP contribution < -0.4 is 5.32 Å². The maximum atomic E-state index is 13.1. The molecule has 1 aromatic carbocycles. The highest BCUT2D eigenvalue weighted by atomic mass is 32.1. The third-order valence-corrected chi connectivity index (χ3v) is 4.72. The molecule has 106 valence electrons. The van der Waals surface area contributed by atoms with Crippen molar-refractivity contribution in [2.45, 2.75) is 25.2 Å². The van der Waals surface area contributed by atoms with E-state index < -0.39 is 5.82 Å². The predicted molar refractivity (Wildman–Crippen MR) is 79.7 cm³/mol. The summed E-state index contributed by atoms with van der Waals surface area (Å²) in [6.45, 7) is 0. The van der Waals surface area contributed by atoms with Gasteiger partial charge in [-0.2, -0.15) is 5.26 Å². The van der Waals surface area contributed by atoms with E-state index in [0.29, 0.717) is 5.69 Å². The topological polar surface area (TPSA) is 52.9 Å². The van der Waals surface area contributed by atoms with Gasteiger partial charge in [-0.15, -0.1) is 11.3 Å². The first-order valence-corrected chi connectivity index (χ1v) is 7.64. The summed E-state index contributed by atoms with van der Waals surface area (Å²) in [6.07, 6.45) is 2.82. The van der Waals surface area contributed by atoms with Crippen LogP contribution in [0.3, 0.4) is 0 Å². The standard InChI is InChI=1S/C16H13FN2OS/c17-11-4-5-14(10(8-11)9-18)19-16(20)13-2-1-3-15-12(13)6-7-21-15/h4-8,13H,1-3H2,(H,19,20). The fourth-order valence-corrected chi connectivity index (χ4v) is 3.68. The minimum Gasteiger partial charge on any atom is -0.324 e. The van der Waals surface area contributed by atoms with Gasteiger partial charge in [0.15, 0.2) is 0 Å². The number of rotatable bonds is 2. The lowest BCUT2D eigenvalue weighted by atomic mass is 9.87. The Labute approximate surface area is 126 Å². The van der Waals surface area contributed by atoms with Crippen molar-refractivity contribution >= 4 is 22.9 Å². The smallest absolute Gasteiger partial charge is 0.231 e. The number of benzene rings is 1. The average Bonchev–Trinajstić information content (AvgIpc) is 2.97. The summed E-state index contributed by atoms with van der Waals surface area (Å²) in [5.41, 5.74) is 1.60. The number of halogens is 1. The van der Waals surface area contributed by atoms with Gasteiger partial charge in [0, 0.05) is 4.88 Å². The molecule has 3 nitrogen and oxygen atoms in total. The van der Waals surface area contributed by atoms with Gasteiger partial charge in [-0.05, 0) is 54.5 Å². The van der Waals surface area contributed by atoms with Crippen LogP contribution in [-0.2, 0) is 11.2 Å². The molecule has 0 radical (unpaired) electrons. The van der Waals surface area contributed by atoms with Crippen LogP contribution in [0.4, 0.5) is 10.1 Å². The Kier molecular flexibility index (Phi) is 3.72. The molecule has 0 fully saturated rings. The van der Waals surface area contributed by atoms with E-state index >= 15 is 0 Å². The number of aryl methyl sites for hydroxylation is 1. The molecule has 1 atom stereocenters. The van der Waals surface area contributed by atoms with Gasteiger partial charge < -0.3 is 5.32 Å². The second-order valence-corrected chi connectivity index (χ2v) is 6.04. The number of thiophene rings is 1. The molecule has 1 aliphatic carbocycles. The molecule has 0 saturated heterocycles. The van der Waals surface area contributed by atoms with E-state index in [9.17, 15) is 9.18 Å². The number of hydrogen-bond donors (Lipinski definition) is 1. The number of nitrogens with zero attached hydrogens (tertiary/aromatic N) is 1. The highest BCUT2D eigenvalue weighted by Crippen LogP contribution is 2.35. The van der Waals surface area contributed by atoms with Gasteiger partial charge in [0.1, 0.15) is 11.9 Å². The lowest BCUT2D eigenvalue weighted by Crippen LogP contribution is -2.24. The van der Waals surface area contributed by atoms with Gasteiger partial charge in [0.25, 0.3) is 0 Å². The van der Waals surface area contributed by atoms with Crippen LogP contribution in [-0.4, -0.2) is 5.91 Å². The van der Waals surface area contributed by atoms with E-state index in [2.05, 4.69) is 5.32 Å². The molecular formula is C16H13FN2OS. The first-order chi connectivity index (χ1) is 10.2. The summed E-state index contributed by atoms with van der Waals surface area (Å²) < 4.78 is 13.1. The van der Waals surface area contributed by atoms with E-state index in [1.165, 1.54) is 17.0 Å². The molecule has 0 saturated carbocycles. The van der Waals surface area contributed by atoms with Crippen molar-refractivity contribution in [2.75, 3.05) is 5.32 Å². The summed E-state index contributed by atoms with van der Waals surface area (Å²) in [5, 5.41) is 13.8. The lowest BCUT2D eigenvalue weighted by Gasteiger charge is -2.22. The van der Waals surface area contributed by atoms with Crippen molar-refractivity contribution in [3.63, 3.8) is 0 Å². The normalized spacial score (nSPS) is 16.9. The van der Waals surface area contributed by atoms with Crippen LogP contribution in [0, 0.1) is 17.1 Å². The van der Waals surface area contributed by atoms with Crippen molar-refractivity contribution in [1.29, 1.82) is 5.26 Å². The highest BCUT2D eigenvalue weighted by molar-refractivity contribution is 7.10. The van der Waals surface area contributed by atoms with Crippen LogP contribution in [0.5, 0.6) is 0 Å². The molecule has 21 heavy (non-hydrogen) atoms. The Morgan fingerprint density at radius 2 is 2.29 bits per heavy atom. The second-order valence-electron chi connectivity index (χ2n) is 5.03. The third-order valence-electron chi connectivity index (χ3n) is 3.73. The summed E-state index contributed by atoms with van der Waals surface area (Å²) in [6, 6.07) is 7.71. The molecule has 0 bridgehead atoms. The number of carbonyl (C=O) groups is 1. The molecule has 5 heteroatoms. The van der Waals surface area contributed by atoms with Crippen molar-refractivity contribution in [2.24, 2.45) is 0 Å². The summed E-state index contributed by atoms with van der Waals surface area (Å²) in [7, 11) is 0. The molecule has 0 aliphatic heterocycles. The summed E-state index contributed by atoms with van der Waals surface area (Å²) in [5.74, 6) is -0.795. The van der Waals surface area contributed by atoms with E-state index in [1.54, 1.807) is 11.3 Å². The minimum absolute atomic E-state index is 0.127. The number of nitrogens with one attached hydrogen (secondary N) is 1. The van der Waals surface area contributed by atoms with Crippen molar-refractivity contribution < 1.29 is 9.18 Å². The van der Waals surface area contributed by atoms with Gasteiger partial charge in [-0.1, -0.05) is 0 Å². The van der Waals surface area contributed by atoms with Gasteiger partial charge in [-0.25, -0.2) is 4.39 Å². The van der Waals surface area contributed by atoms with E-state index in [0.717, 1.165) is 30.9 Å². The molecule has 0 spiro atoms. The molecule has 1 N–H and O–H groups in total. The number of anilines is 1. The van der Waals surface area contributed by atoms with Crippen LogP contribution in [0.2, 0.25) is 0 Å². The fraction of sp³-hybridized carbons (Fsp3) is 0.250. The Morgan fingerprint density at radius 3 is 3.10 bits per heavy atom. The Bertz CT molecular complexity index is 732. The SMILES string of the molecule is N#Cc1cc(F)ccc1NC(=O)C1CCCc2sccc21. The molecule has 2 aromatic rings. The maximum Gasteiger partial charge on any atom is 0.231 e. The maximum absolute atomic E-state index is 13.1. The van der Waals surface area contributed by atoms with Crippen LogP contribution in [0.15, 0.2) is 29.6 Å². The summed E-state index contributed by atoms with van der Waals surface area (Å²) >= 11 is 1.68. The Balaban J connectivity index is 1.84. The zero-order chi connectivity index (χ0) is 14.8. The van der Waals surface area contributed by atoms with Crippen LogP contribution >= 0.6 is 11.3 Å². The van der Waals surface area contributed by atoms with E-state index in [-0.39, 0.29) is 17.4 Å². The van der Waals surface area contributed by atoms with Gasteiger partial charge in [0.05, 0.1) is 17.2 Å². The van der Waals surface area contributed by atoms with Crippen molar-refractivity contribution in [3.05, 3.63) is 51.5 Å². The first kappa shape index (κ1) is 13.8. The predicted octanol–water partition coefficient (Wildman–Crippen LogP) is 3.82. The number of carbonyl (C=O) groups excluding carboxylic acids is 1. The summed E-state index contributed by atoms with van der Waals surface area (Å²) in [4.78, 5) is 13.7. The Morgan fingerprint density at radius 1 is 1.43 bits per heavy atom. The zero-order valence-electron chi connectivity index (χ0n) is 11.2. The zero-order valence-corrected chi connectivity index (χ0v) is 12.0. The lowest BCUT2D eigenvalue weighted by molar-refractivity contribution is -0.117. The Hall–Kier alpha value is -2.19. The average molecular weight is 300 g/mol. The van der Waals surface area contributed by atoms with Crippen LogP contribution in [0.1, 0.15) is 34.8 Å². The highest BCUT2D eigenvalue weighted by Gasteiger charge is 2.27. The molecule has 1 aliphatic rings. The van der Waals surface area contributed by atoms with E-state index in [1.807, 2.05) is 17.5 Å². The van der Waals surface area contributed by atoms with Gasteiger partial charge >= 0.3 is 0 Å². The second kappa shape index (κ2) is 5.66. The number of fused-ring (bicyclic) bond motifs is 1. The van der Waals surface area contributed by atoms with E-state index in [4.69, 9.17) is 5.26 Å². The number of nitriles is 1. The molecule has 1 heterocycles. The first-order valence-electron chi connectivity index (χ1n) is 6.76. The van der Waals surface area contributed by atoms with Crippen LogP contribution in [0.25, 0.3) is 0 Å². The minimum atomic E-state index is -0.484. The quantitative estimate of drug-likeness (QED) is 0.916. The third kappa shape index (κ3) is 2.67. The van der Waals surface area contributed by atoms with Crippen molar-refractivity contribution in [3.8, 4) is 6.07 Å². The van der Waals surface area contributed by atoms with Crippen molar-refractivity contribution in [1.82, 2.24) is 0 Å². The number of hydrogen-bond acceptors (Lipinski definition) is 3. The fourth-order valence-electron chi connectivity index (χ4n) is 2.70. The molecular weight excluding hydrogens is 287 g/mol. The largest absolute Gasteiger partial charge is 0.324 e. The molecule has 3 rings (SSSR count). The van der Waals surface area contributed by atoms with Gasteiger partial charge in [0.2, 0.25) is 5.91 Å². The molecule has 1 unspecified atom stereocenters. The monoisotopic (exact) mass is 300 g/mol. The van der Waals surface area contributed by atoms with Gasteiger partial charge in [-0.3, -0.25) is 4.79 Å². The molecule has 1 aromatic heterocycles.